The molecule has 0 spiro atoms. The normalized spacial score (nSPS) is 10.9. The summed E-state index contributed by atoms with van der Waals surface area (Å²) >= 11 is 12.1. The highest BCUT2D eigenvalue weighted by atomic mass is 35.5. The Labute approximate surface area is 158 Å². The first-order valence-electron chi connectivity index (χ1n) is 7.99. The maximum Gasteiger partial charge on any atom is 0.131 e. The molecule has 0 aromatic heterocycles. The summed E-state index contributed by atoms with van der Waals surface area (Å²) < 4.78 is 6.07. The molecule has 0 aliphatic rings. The van der Waals surface area contributed by atoms with E-state index >= 15 is 0 Å². The molecule has 3 aromatic rings. The molecule has 0 atom stereocenters. The summed E-state index contributed by atoms with van der Waals surface area (Å²) in [5.41, 5.74) is 3.46. The molecule has 0 heterocycles. The minimum absolute atomic E-state index is 0.481. The van der Waals surface area contributed by atoms with Crippen molar-refractivity contribution in [3.05, 3.63) is 82.3 Å². The first-order valence-corrected chi connectivity index (χ1v) is 8.74. The number of ether oxygens (including phenoxy) is 1. The van der Waals surface area contributed by atoms with E-state index in [-0.39, 0.29) is 0 Å². The van der Waals surface area contributed by atoms with Crippen molar-refractivity contribution in [2.24, 2.45) is 0 Å². The highest BCUT2D eigenvalue weighted by Crippen LogP contribution is 2.33. The second-order valence-corrected chi connectivity index (χ2v) is 6.92. The summed E-state index contributed by atoms with van der Waals surface area (Å²) in [4.78, 5) is 2.12. The smallest absolute Gasteiger partial charge is 0.131 e. The van der Waals surface area contributed by atoms with Gasteiger partial charge in [-0.2, -0.15) is 0 Å². The molecular formula is C21H19Cl2NO. The van der Waals surface area contributed by atoms with Crippen LogP contribution in [0, 0.1) is 0 Å². The number of nitrogens with zero attached hydrogens (tertiary/aromatic N) is 1. The van der Waals surface area contributed by atoms with E-state index in [0.29, 0.717) is 15.8 Å². The van der Waals surface area contributed by atoms with Crippen molar-refractivity contribution in [2.75, 3.05) is 14.1 Å². The van der Waals surface area contributed by atoms with Crippen molar-refractivity contribution in [3.8, 4) is 22.6 Å². The number of rotatable bonds is 5. The zero-order valence-electron chi connectivity index (χ0n) is 14.2. The van der Waals surface area contributed by atoms with Gasteiger partial charge in [-0.1, -0.05) is 59.6 Å². The molecule has 0 radical (unpaired) electrons. The molecule has 0 saturated carbocycles. The first-order chi connectivity index (χ1) is 12.0. The van der Waals surface area contributed by atoms with Gasteiger partial charge in [0.2, 0.25) is 0 Å². The Hall–Kier alpha value is -2.00. The van der Waals surface area contributed by atoms with Gasteiger partial charge in [-0.05, 0) is 49.5 Å². The van der Waals surface area contributed by atoms with Crippen LogP contribution in [0.2, 0.25) is 10.0 Å². The van der Waals surface area contributed by atoms with Crippen LogP contribution in [0.25, 0.3) is 11.1 Å². The zero-order valence-corrected chi connectivity index (χ0v) is 15.7. The topological polar surface area (TPSA) is 12.5 Å². The van der Waals surface area contributed by atoms with Crippen LogP contribution in [0.4, 0.5) is 0 Å². The second-order valence-electron chi connectivity index (χ2n) is 6.10. The number of hydrogen-bond acceptors (Lipinski definition) is 2. The lowest BCUT2D eigenvalue weighted by molar-refractivity contribution is 0.389. The lowest BCUT2D eigenvalue weighted by Crippen LogP contribution is -2.11. The molecule has 3 rings (SSSR count). The first kappa shape index (κ1) is 17.8. The molecule has 0 N–H and O–H groups in total. The van der Waals surface area contributed by atoms with Crippen molar-refractivity contribution >= 4 is 23.2 Å². The van der Waals surface area contributed by atoms with Gasteiger partial charge in [-0.15, -0.1) is 0 Å². The van der Waals surface area contributed by atoms with Crippen LogP contribution in [0.1, 0.15) is 5.56 Å². The molecule has 0 aliphatic heterocycles. The van der Waals surface area contributed by atoms with Gasteiger partial charge in [0, 0.05) is 18.2 Å². The van der Waals surface area contributed by atoms with Gasteiger partial charge < -0.3 is 9.64 Å². The van der Waals surface area contributed by atoms with Crippen molar-refractivity contribution in [1.29, 1.82) is 0 Å². The maximum atomic E-state index is 6.09. The lowest BCUT2D eigenvalue weighted by Gasteiger charge is -2.17. The number of halogens is 2. The Balaban J connectivity index is 1.96. The van der Waals surface area contributed by atoms with Crippen LogP contribution in [0.5, 0.6) is 11.5 Å². The predicted octanol–water partition coefficient (Wildman–Crippen LogP) is 6.51. The van der Waals surface area contributed by atoms with E-state index < -0.39 is 0 Å². The van der Waals surface area contributed by atoms with Crippen LogP contribution in [-0.4, -0.2) is 19.0 Å². The van der Waals surface area contributed by atoms with Crippen molar-refractivity contribution in [3.63, 3.8) is 0 Å². The second kappa shape index (κ2) is 7.92. The van der Waals surface area contributed by atoms with Gasteiger partial charge in [-0.25, -0.2) is 0 Å². The Bertz CT molecular complexity index is 863. The molecule has 3 aromatic carbocycles. The Kier molecular flexibility index (Phi) is 5.64. The number of hydrogen-bond donors (Lipinski definition) is 0. The highest BCUT2D eigenvalue weighted by molar-refractivity contribution is 6.42. The SMILES string of the molecule is CN(C)Cc1cc(-c2ccccc2)ccc1Oc1ccc(Cl)c(Cl)c1. The molecule has 2 nitrogen and oxygen atoms in total. The van der Waals surface area contributed by atoms with E-state index in [1.165, 1.54) is 11.1 Å². The Morgan fingerprint density at radius 1 is 0.800 bits per heavy atom. The zero-order chi connectivity index (χ0) is 17.8. The summed E-state index contributed by atoms with van der Waals surface area (Å²) in [5.74, 6) is 1.48. The molecule has 128 valence electrons. The minimum atomic E-state index is 0.481. The van der Waals surface area contributed by atoms with Gasteiger partial charge in [0.25, 0.3) is 0 Å². The van der Waals surface area contributed by atoms with Gasteiger partial charge >= 0.3 is 0 Å². The minimum Gasteiger partial charge on any atom is -0.457 e. The molecule has 0 aliphatic carbocycles. The third-order valence-electron chi connectivity index (χ3n) is 3.77. The summed E-state index contributed by atoms with van der Waals surface area (Å²) in [6.45, 7) is 0.775. The standard InChI is InChI=1S/C21H19Cl2NO/c1-24(2)14-17-12-16(15-6-4-3-5-7-15)8-11-21(17)25-18-9-10-19(22)20(23)13-18/h3-13H,14H2,1-2H3. The molecule has 0 saturated heterocycles. The van der Waals surface area contributed by atoms with Gasteiger partial charge in [-0.3, -0.25) is 0 Å². The monoisotopic (exact) mass is 371 g/mol. The molecule has 0 fully saturated rings. The molecule has 0 unspecified atom stereocenters. The lowest BCUT2D eigenvalue weighted by atomic mass is 10.0. The van der Waals surface area contributed by atoms with Crippen LogP contribution < -0.4 is 4.74 Å². The van der Waals surface area contributed by atoms with Crippen molar-refractivity contribution < 1.29 is 4.74 Å². The van der Waals surface area contributed by atoms with Crippen LogP contribution in [-0.2, 0) is 6.54 Å². The predicted molar refractivity (Wildman–Crippen MR) is 106 cm³/mol. The van der Waals surface area contributed by atoms with E-state index in [9.17, 15) is 0 Å². The fourth-order valence-corrected chi connectivity index (χ4v) is 2.91. The van der Waals surface area contributed by atoms with Gasteiger partial charge in [0.1, 0.15) is 11.5 Å². The van der Waals surface area contributed by atoms with E-state index in [0.717, 1.165) is 17.9 Å². The Morgan fingerprint density at radius 2 is 1.56 bits per heavy atom. The molecular weight excluding hydrogens is 353 g/mol. The number of benzene rings is 3. The van der Waals surface area contributed by atoms with E-state index in [1.807, 2.05) is 44.4 Å². The largest absolute Gasteiger partial charge is 0.457 e. The van der Waals surface area contributed by atoms with Crippen LogP contribution >= 0.6 is 23.2 Å². The third-order valence-corrected chi connectivity index (χ3v) is 4.51. The summed E-state index contributed by atoms with van der Waals surface area (Å²) in [6.07, 6.45) is 0. The van der Waals surface area contributed by atoms with Crippen molar-refractivity contribution in [1.82, 2.24) is 4.90 Å². The van der Waals surface area contributed by atoms with E-state index in [2.05, 4.69) is 29.2 Å². The maximum absolute atomic E-state index is 6.09. The van der Waals surface area contributed by atoms with Gasteiger partial charge in [0.15, 0.2) is 0 Å². The molecule has 0 bridgehead atoms. The quantitative estimate of drug-likeness (QED) is 0.506. The molecule has 4 heteroatoms. The van der Waals surface area contributed by atoms with Crippen LogP contribution in [0.15, 0.2) is 66.7 Å². The van der Waals surface area contributed by atoms with Crippen molar-refractivity contribution in [2.45, 2.75) is 6.54 Å². The van der Waals surface area contributed by atoms with E-state index in [1.54, 1.807) is 12.1 Å². The molecule has 0 amide bonds. The summed E-state index contributed by atoms with van der Waals surface area (Å²) in [6, 6.07) is 21.8. The van der Waals surface area contributed by atoms with Crippen LogP contribution in [0.3, 0.4) is 0 Å². The third kappa shape index (κ3) is 4.55. The summed E-state index contributed by atoms with van der Waals surface area (Å²) in [5, 5.41) is 0.996. The van der Waals surface area contributed by atoms with E-state index in [4.69, 9.17) is 27.9 Å². The average molecular weight is 372 g/mol. The Morgan fingerprint density at radius 3 is 2.24 bits per heavy atom. The fraction of sp³-hybridized carbons (Fsp3) is 0.143. The average Bonchev–Trinajstić information content (AvgIpc) is 2.60. The summed E-state index contributed by atoms with van der Waals surface area (Å²) in [7, 11) is 4.08. The van der Waals surface area contributed by atoms with Gasteiger partial charge in [0.05, 0.1) is 10.0 Å². The molecule has 25 heavy (non-hydrogen) atoms. The fourth-order valence-electron chi connectivity index (χ4n) is 2.62. The highest BCUT2D eigenvalue weighted by Gasteiger charge is 2.10.